The van der Waals surface area contributed by atoms with Crippen LogP contribution < -0.4 is 10.7 Å². The molecule has 3 rings (SSSR count). The molecule has 3 atom stereocenters. The van der Waals surface area contributed by atoms with Crippen molar-refractivity contribution in [3.63, 3.8) is 0 Å². The molecular weight excluding hydrogens is 360 g/mol. The molecule has 1 aromatic carbocycles. The van der Waals surface area contributed by atoms with Crippen molar-refractivity contribution >= 4 is 17.8 Å². The van der Waals surface area contributed by atoms with Crippen LogP contribution in [0, 0.1) is 0 Å². The topological polar surface area (TPSA) is 91.0 Å². The minimum Gasteiger partial charge on any atom is -0.373 e. The van der Waals surface area contributed by atoms with Crippen molar-refractivity contribution in [2.24, 2.45) is 0 Å². The number of ether oxygens (including phenoxy) is 1. The normalized spacial score (nSPS) is 28.3. The van der Waals surface area contributed by atoms with Gasteiger partial charge in [0.25, 0.3) is 11.8 Å². The van der Waals surface area contributed by atoms with Crippen LogP contribution in [0.1, 0.15) is 32.8 Å². The third-order valence-electron chi connectivity index (χ3n) is 5.12. The molecule has 28 heavy (non-hydrogen) atoms. The lowest BCUT2D eigenvalue weighted by molar-refractivity contribution is -0.140. The first-order chi connectivity index (χ1) is 13.3. The van der Waals surface area contributed by atoms with Crippen LogP contribution >= 0.6 is 0 Å². The van der Waals surface area contributed by atoms with Gasteiger partial charge in [0.15, 0.2) is 0 Å². The van der Waals surface area contributed by atoms with Gasteiger partial charge in [-0.15, -0.1) is 0 Å². The van der Waals surface area contributed by atoms with E-state index in [1.54, 1.807) is 6.92 Å². The van der Waals surface area contributed by atoms with Crippen molar-refractivity contribution in [1.82, 2.24) is 20.7 Å². The number of rotatable bonds is 6. The quantitative estimate of drug-likeness (QED) is 0.712. The van der Waals surface area contributed by atoms with Crippen LogP contribution in [0.3, 0.4) is 0 Å². The third-order valence-corrected chi connectivity index (χ3v) is 5.12. The zero-order valence-electron chi connectivity index (χ0n) is 16.6. The Morgan fingerprint density at radius 1 is 1.21 bits per heavy atom. The summed E-state index contributed by atoms with van der Waals surface area (Å²) in [5, 5.41) is 3.52. The predicted octanol–water partition coefficient (Wildman–Crippen LogP) is 1.07. The Hall–Kier alpha value is -2.45. The van der Waals surface area contributed by atoms with Crippen molar-refractivity contribution in [3.05, 3.63) is 35.9 Å². The number of carbonyl (C=O) groups excluding carboxylic acids is 3. The van der Waals surface area contributed by atoms with Gasteiger partial charge in [-0.25, -0.2) is 4.79 Å². The summed E-state index contributed by atoms with van der Waals surface area (Å²) in [7, 11) is 0. The summed E-state index contributed by atoms with van der Waals surface area (Å²) in [6, 6.07) is 9.17. The lowest BCUT2D eigenvalue weighted by Gasteiger charge is -2.34. The molecule has 0 radical (unpaired) electrons. The van der Waals surface area contributed by atoms with Crippen molar-refractivity contribution in [2.45, 2.75) is 51.4 Å². The van der Waals surface area contributed by atoms with Crippen LogP contribution in [-0.2, 0) is 20.7 Å². The summed E-state index contributed by atoms with van der Waals surface area (Å²) in [4.78, 5) is 39.4. The number of imide groups is 1. The lowest BCUT2D eigenvalue weighted by atomic mass is 9.93. The van der Waals surface area contributed by atoms with Crippen molar-refractivity contribution in [1.29, 1.82) is 0 Å². The van der Waals surface area contributed by atoms with E-state index in [-0.39, 0.29) is 18.8 Å². The first-order valence-corrected chi connectivity index (χ1v) is 9.65. The van der Waals surface area contributed by atoms with Crippen LogP contribution in [0.25, 0.3) is 0 Å². The van der Waals surface area contributed by atoms with E-state index in [0.717, 1.165) is 10.6 Å². The van der Waals surface area contributed by atoms with Crippen molar-refractivity contribution < 1.29 is 19.1 Å². The molecule has 0 bridgehead atoms. The summed E-state index contributed by atoms with van der Waals surface area (Å²) < 4.78 is 5.65. The number of nitrogens with zero attached hydrogens (tertiary/aromatic N) is 2. The van der Waals surface area contributed by atoms with Gasteiger partial charge in [0.1, 0.15) is 5.54 Å². The van der Waals surface area contributed by atoms with Crippen molar-refractivity contribution in [2.75, 3.05) is 19.6 Å². The number of benzene rings is 1. The molecule has 2 fully saturated rings. The summed E-state index contributed by atoms with van der Waals surface area (Å²) in [5.41, 5.74) is 2.51. The molecule has 8 nitrogen and oxygen atoms in total. The van der Waals surface area contributed by atoms with E-state index in [0.29, 0.717) is 25.9 Å². The molecule has 2 aliphatic heterocycles. The fourth-order valence-electron chi connectivity index (χ4n) is 3.77. The van der Waals surface area contributed by atoms with Gasteiger partial charge < -0.3 is 10.1 Å². The molecule has 2 N–H and O–H groups in total. The number of urea groups is 1. The Morgan fingerprint density at radius 2 is 1.86 bits per heavy atom. The summed E-state index contributed by atoms with van der Waals surface area (Å²) in [6.45, 7) is 6.97. The molecule has 1 aromatic rings. The van der Waals surface area contributed by atoms with Gasteiger partial charge in [-0.2, -0.15) is 5.01 Å². The molecule has 0 aromatic heterocycles. The van der Waals surface area contributed by atoms with Crippen LogP contribution in [0.2, 0.25) is 0 Å². The maximum Gasteiger partial charge on any atom is 0.344 e. The molecule has 0 unspecified atom stereocenters. The Bertz CT molecular complexity index is 731. The fraction of sp³-hybridized carbons (Fsp3) is 0.550. The van der Waals surface area contributed by atoms with Gasteiger partial charge in [0.2, 0.25) is 0 Å². The second-order valence-electron chi connectivity index (χ2n) is 7.87. The zero-order valence-corrected chi connectivity index (χ0v) is 16.6. The third kappa shape index (κ3) is 4.69. The first-order valence-electron chi connectivity index (χ1n) is 9.65. The van der Waals surface area contributed by atoms with Gasteiger partial charge >= 0.3 is 6.03 Å². The number of morpholine rings is 1. The van der Waals surface area contributed by atoms with E-state index in [9.17, 15) is 14.4 Å². The highest BCUT2D eigenvalue weighted by atomic mass is 16.5. The van der Waals surface area contributed by atoms with Gasteiger partial charge in [0.05, 0.1) is 18.8 Å². The molecule has 2 saturated heterocycles. The second-order valence-corrected chi connectivity index (χ2v) is 7.87. The van der Waals surface area contributed by atoms with E-state index in [1.165, 1.54) is 0 Å². The highest BCUT2D eigenvalue weighted by Crippen LogP contribution is 2.22. The fourth-order valence-corrected chi connectivity index (χ4v) is 3.77. The Morgan fingerprint density at radius 3 is 2.50 bits per heavy atom. The van der Waals surface area contributed by atoms with E-state index >= 15 is 0 Å². The zero-order chi connectivity index (χ0) is 20.3. The summed E-state index contributed by atoms with van der Waals surface area (Å²) in [6.07, 6.45) is 1.17. The molecular formula is C20H28N4O4. The Kier molecular flexibility index (Phi) is 6.00. The number of hydrazine groups is 1. The molecule has 2 aliphatic rings. The number of carbonyl (C=O) groups is 3. The van der Waals surface area contributed by atoms with Crippen LogP contribution in [0.15, 0.2) is 30.3 Å². The maximum absolute atomic E-state index is 12.8. The van der Waals surface area contributed by atoms with E-state index in [1.807, 2.05) is 49.1 Å². The van der Waals surface area contributed by atoms with Crippen LogP contribution in [0.4, 0.5) is 4.79 Å². The van der Waals surface area contributed by atoms with E-state index < -0.39 is 23.4 Å². The molecule has 0 aliphatic carbocycles. The summed E-state index contributed by atoms with van der Waals surface area (Å²) >= 11 is 0. The lowest BCUT2D eigenvalue weighted by Crippen LogP contribution is -2.54. The van der Waals surface area contributed by atoms with Crippen LogP contribution in [-0.4, -0.2) is 65.1 Å². The molecule has 8 heteroatoms. The monoisotopic (exact) mass is 388 g/mol. The average molecular weight is 388 g/mol. The highest BCUT2D eigenvalue weighted by Gasteiger charge is 2.48. The Labute approximate surface area is 165 Å². The summed E-state index contributed by atoms with van der Waals surface area (Å²) in [5.74, 6) is -0.831. The second kappa shape index (κ2) is 8.28. The van der Waals surface area contributed by atoms with Gasteiger partial charge in [0, 0.05) is 13.1 Å². The highest BCUT2D eigenvalue weighted by molar-refractivity contribution is 6.07. The van der Waals surface area contributed by atoms with Gasteiger partial charge in [-0.1, -0.05) is 30.3 Å². The number of hydrogen-bond acceptors (Lipinski definition) is 5. The molecule has 152 valence electrons. The number of aryl methyl sites for hydroxylation is 1. The standard InChI is InChI=1S/C20H28N4O4/c1-14-11-23(12-15(2)28-14)13-17(25)22-24-18(26)20(3,21-19(24)27)10-9-16-7-5-4-6-8-16/h4-8,14-15H,9-13H2,1-3H3,(H,21,27)(H,22,25)/t14-,15-,20-/m1/s1. The number of nitrogens with one attached hydrogen (secondary N) is 2. The molecule has 2 heterocycles. The van der Waals surface area contributed by atoms with E-state index in [2.05, 4.69) is 10.7 Å². The SMILES string of the molecule is C[C@@H]1CN(CC(=O)NN2C(=O)N[C@](C)(CCc3ccccc3)C2=O)C[C@@H](C)O1. The number of hydrogen-bond donors (Lipinski definition) is 2. The van der Waals surface area contributed by atoms with Gasteiger partial charge in [-0.05, 0) is 39.2 Å². The molecule has 0 saturated carbocycles. The minimum atomic E-state index is -1.04. The van der Waals surface area contributed by atoms with E-state index in [4.69, 9.17) is 4.74 Å². The van der Waals surface area contributed by atoms with Crippen molar-refractivity contribution in [3.8, 4) is 0 Å². The smallest absolute Gasteiger partial charge is 0.344 e. The molecule has 0 spiro atoms. The largest absolute Gasteiger partial charge is 0.373 e. The minimum absolute atomic E-state index is 0.0366. The van der Waals surface area contributed by atoms with Crippen LogP contribution in [0.5, 0.6) is 0 Å². The first kappa shape index (κ1) is 20.3. The number of amides is 4. The maximum atomic E-state index is 12.8. The average Bonchev–Trinajstić information content (AvgIpc) is 2.83. The molecule has 4 amide bonds. The predicted molar refractivity (Wildman–Crippen MR) is 103 cm³/mol. The Balaban J connectivity index is 1.56. The van der Waals surface area contributed by atoms with Gasteiger partial charge in [-0.3, -0.25) is 19.9 Å².